The summed E-state index contributed by atoms with van der Waals surface area (Å²) in [5.41, 5.74) is 2.31. The summed E-state index contributed by atoms with van der Waals surface area (Å²) in [7, 11) is 0. The summed E-state index contributed by atoms with van der Waals surface area (Å²) in [4.78, 5) is 26.0. The van der Waals surface area contributed by atoms with Crippen molar-refractivity contribution in [3.63, 3.8) is 0 Å². The van der Waals surface area contributed by atoms with Crippen LogP contribution in [0.25, 0.3) is 22.8 Å². The van der Waals surface area contributed by atoms with Crippen LogP contribution < -0.4 is 5.32 Å². The van der Waals surface area contributed by atoms with Gasteiger partial charge in [-0.3, -0.25) is 4.79 Å². The molecular formula is C22H20ClN5O2S. The number of hydrogen-bond donors (Lipinski definition) is 1. The van der Waals surface area contributed by atoms with Gasteiger partial charge in [0.25, 0.3) is 5.91 Å². The molecule has 7 nitrogen and oxygen atoms in total. The van der Waals surface area contributed by atoms with Crippen LogP contribution in [0.4, 0.5) is 0 Å². The Hall–Kier alpha value is -3.10. The number of carbonyl (C=O) groups excluding carboxylic acids is 1. The molecule has 0 saturated heterocycles. The minimum absolute atomic E-state index is 0.273. The van der Waals surface area contributed by atoms with Gasteiger partial charge < -0.3 is 9.84 Å². The maximum Gasteiger partial charge on any atom is 0.269 e. The third kappa shape index (κ3) is 4.81. The van der Waals surface area contributed by atoms with Gasteiger partial charge in [-0.15, -0.1) is 11.3 Å². The predicted molar refractivity (Wildman–Crippen MR) is 120 cm³/mol. The first-order valence-electron chi connectivity index (χ1n) is 9.60. The van der Waals surface area contributed by atoms with Crippen molar-refractivity contribution in [3.8, 4) is 22.8 Å². The topological polar surface area (TPSA) is 93.8 Å². The quantitative estimate of drug-likeness (QED) is 0.445. The Bertz CT molecular complexity index is 1220. The number of nitrogens with zero attached hydrogens (tertiary/aromatic N) is 4. The van der Waals surface area contributed by atoms with Crippen LogP contribution >= 0.6 is 22.9 Å². The number of aromatic nitrogens is 4. The summed E-state index contributed by atoms with van der Waals surface area (Å²) < 4.78 is 4.99. The van der Waals surface area contributed by atoms with Crippen molar-refractivity contribution in [2.24, 2.45) is 0 Å². The molecule has 0 unspecified atom stereocenters. The molecule has 4 rings (SSSR count). The highest BCUT2D eigenvalue weighted by molar-refractivity contribution is 7.10. The second kappa shape index (κ2) is 8.56. The number of hydrogen-bond acceptors (Lipinski definition) is 7. The van der Waals surface area contributed by atoms with Gasteiger partial charge in [-0.1, -0.05) is 48.8 Å². The van der Waals surface area contributed by atoms with E-state index in [2.05, 4.69) is 20.4 Å². The molecule has 158 valence electrons. The van der Waals surface area contributed by atoms with Crippen molar-refractivity contribution < 1.29 is 9.32 Å². The summed E-state index contributed by atoms with van der Waals surface area (Å²) in [5.74, 6) is 0.518. The Morgan fingerprint density at radius 1 is 1.10 bits per heavy atom. The van der Waals surface area contributed by atoms with Crippen molar-refractivity contribution in [1.82, 2.24) is 25.4 Å². The highest BCUT2D eigenvalue weighted by Crippen LogP contribution is 2.30. The molecule has 0 aliphatic rings. The maximum absolute atomic E-state index is 12.7. The van der Waals surface area contributed by atoms with E-state index < -0.39 is 0 Å². The van der Waals surface area contributed by atoms with Gasteiger partial charge in [0.05, 0.1) is 5.69 Å². The summed E-state index contributed by atoms with van der Waals surface area (Å²) in [6, 6.07) is 12.7. The fourth-order valence-corrected chi connectivity index (χ4v) is 3.97. The van der Waals surface area contributed by atoms with Crippen LogP contribution in [-0.4, -0.2) is 32.6 Å². The van der Waals surface area contributed by atoms with E-state index in [0.717, 1.165) is 16.3 Å². The minimum Gasteiger partial charge on any atom is -0.350 e. The number of halogens is 1. The zero-order valence-electron chi connectivity index (χ0n) is 17.2. The first kappa shape index (κ1) is 21.1. The van der Waals surface area contributed by atoms with Crippen molar-refractivity contribution >= 4 is 28.8 Å². The Morgan fingerprint density at radius 3 is 2.58 bits per heavy atom. The van der Waals surface area contributed by atoms with E-state index in [-0.39, 0.29) is 17.0 Å². The molecule has 0 aliphatic carbocycles. The molecule has 0 saturated carbocycles. The van der Waals surface area contributed by atoms with Crippen LogP contribution in [0.15, 0.2) is 52.4 Å². The Labute approximate surface area is 188 Å². The van der Waals surface area contributed by atoms with Crippen molar-refractivity contribution in [2.45, 2.75) is 26.2 Å². The molecule has 0 bridgehead atoms. The molecule has 0 aliphatic heterocycles. The summed E-state index contributed by atoms with van der Waals surface area (Å²) >= 11 is 7.54. The van der Waals surface area contributed by atoms with E-state index in [1.165, 1.54) is 0 Å². The van der Waals surface area contributed by atoms with Crippen LogP contribution in [0.2, 0.25) is 5.02 Å². The Morgan fingerprint density at radius 2 is 1.87 bits per heavy atom. The average Bonchev–Trinajstić information content (AvgIpc) is 3.43. The fourth-order valence-electron chi connectivity index (χ4n) is 2.89. The lowest BCUT2D eigenvalue weighted by Gasteiger charge is -2.22. The zero-order chi connectivity index (χ0) is 22.0. The molecular weight excluding hydrogens is 434 g/mol. The molecule has 3 aromatic heterocycles. The van der Waals surface area contributed by atoms with Gasteiger partial charge in [0.2, 0.25) is 11.7 Å². The third-order valence-corrected chi connectivity index (χ3v) is 6.11. The van der Waals surface area contributed by atoms with Gasteiger partial charge >= 0.3 is 0 Å². The summed E-state index contributed by atoms with van der Waals surface area (Å²) in [6.45, 7) is 6.20. The van der Waals surface area contributed by atoms with E-state index in [4.69, 9.17) is 21.1 Å². The zero-order valence-corrected chi connectivity index (χ0v) is 18.8. The summed E-state index contributed by atoms with van der Waals surface area (Å²) in [5, 5.41) is 10.4. The van der Waals surface area contributed by atoms with E-state index in [1.807, 2.05) is 43.5 Å². The predicted octanol–water partition coefficient (Wildman–Crippen LogP) is 4.92. The molecule has 1 N–H and O–H groups in total. The number of rotatable bonds is 6. The third-order valence-electron chi connectivity index (χ3n) is 4.65. The molecule has 1 amide bonds. The lowest BCUT2D eigenvalue weighted by molar-refractivity contribution is 0.0941. The van der Waals surface area contributed by atoms with Gasteiger partial charge in [-0.2, -0.15) is 4.98 Å². The first-order valence-corrected chi connectivity index (χ1v) is 10.9. The molecule has 4 aromatic rings. The normalized spacial score (nSPS) is 11.5. The number of amides is 1. The lowest BCUT2D eigenvalue weighted by Crippen LogP contribution is -2.37. The SMILES string of the molecule is Cc1nc(-c2cccc(C(=O)NCC(C)(C)c3nc(-c4ccc(Cl)cc4)cs3)n2)no1. The van der Waals surface area contributed by atoms with Crippen molar-refractivity contribution in [3.05, 3.63) is 69.5 Å². The molecule has 0 spiro atoms. The first-order chi connectivity index (χ1) is 14.8. The van der Waals surface area contributed by atoms with Crippen LogP contribution in [0.5, 0.6) is 0 Å². The van der Waals surface area contributed by atoms with Gasteiger partial charge in [-0.25, -0.2) is 9.97 Å². The van der Waals surface area contributed by atoms with Gasteiger partial charge in [0.15, 0.2) is 0 Å². The highest BCUT2D eigenvalue weighted by atomic mass is 35.5. The second-order valence-corrected chi connectivity index (χ2v) is 8.95. The fraction of sp³-hybridized carbons (Fsp3) is 0.227. The standard InChI is InChI=1S/C22H20ClN5O2S/c1-13-25-19(28-30-13)16-5-4-6-17(26-16)20(29)24-12-22(2,3)21-27-18(11-31-21)14-7-9-15(23)10-8-14/h4-11H,12H2,1-3H3,(H,24,29). The van der Waals surface area contributed by atoms with Gasteiger partial charge in [0.1, 0.15) is 16.4 Å². The van der Waals surface area contributed by atoms with Crippen LogP contribution in [0.3, 0.4) is 0 Å². The van der Waals surface area contributed by atoms with E-state index in [1.54, 1.807) is 36.5 Å². The molecule has 0 fully saturated rings. The summed E-state index contributed by atoms with van der Waals surface area (Å²) in [6.07, 6.45) is 0. The smallest absolute Gasteiger partial charge is 0.269 e. The molecule has 3 heterocycles. The number of aryl methyl sites for hydroxylation is 1. The average molecular weight is 454 g/mol. The van der Waals surface area contributed by atoms with E-state index in [9.17, 15) is 4.79 Å². The number of nitrogens with one attached hydrogen (secondary N) is 1. The van der Waals surface area contributed by atoms with E-state index in [0.29, 0.717) is 29.0 Å². The van der Waals surface area contributed by atoms with Crippen molar-refractivity contribution in [1.29, 1.82) is 0 Å². The number of thiazole rings is 1. The number of benzene rings is 1. The molecule has 0 atom stereocenters. The van der Waals surface area contributed by atoms with Crippen molar-refractivity contribution in [2.75, 3.05) is 6.54 Å². The van der Waals surface area contributed by atoms with Gasteiger partial charge in [-0.05, 0) is 24.3 Å². The highest BCUT2D eigenvalue weighted by Gasteiger charge is 2.26. The molecule has 1 aromatic carbocycles. The van der Waals surface area contributed by atoms with Gasteiger partial charge in [0, 0.05) is 34.8 Å². The maximum atomic E-state index is 12.7. The second-order valence-electron chi connectivity index (χ2n) is 7.66. The Kier molecular flexibility index (Phi) is 5.84. The number of carbonyl (C=O) groups is 1. The largest absolute Gasteiger partial charge is 0.350 e. The molecule has 0 radical (unpaired) electrons. The minimum atomic E-state index is -0.354. The monoisotopic (exact) mass is 453 g/mol. The van der Waals surface area contributed by atoms with E-state index >= 15 is 0 Å². The van der Waals surface area contributed by atoms with Crippen LogP contribution in [0, 0.1) is 6.92 Å². The van der Waals surface area contributed by atoms with Crippen LogP contribution in [0.1, 0.15) is 35.2 Å². The number of pyridine rings is 1. The molecule has 9 heteroatoms. The Balaban J connectivity index is 1.45. The van der Waals surface area contributed by atoms with Crippen LogP contribution in [-0.2, 0) is 5.41 Å². The lowest BCUT2D eigenvalue weighted by atomic mass is 9.94. The molecule has 31 heavy (non-hydrogen) atoms.